The standard InChI is InChI=1S/C23H17F/c24-23(19-12-3-1-4-13-19,20-14-5-2-6-15-20)22-17-9-11-18-10-7-8-16-21(18)22/h1-17H. The molecule has 0 aliphatic carbocycles. The van der Waals surface area contributed by atoms with E-state index in [0.717, 1.165) is 10.8 Å². The first kappa shape index (κ1) is 14.6. The summed E-state index contributed by atoms with van der Waals surface area (Å²) in [6, 6.07) is 32.6. The van der Waals surface area contributed by atoms with E-state index < -0.39 is 5.67 Å². The highest BCUT2D eigenvalue weighted by Gasteiger charge is 2.37. The molecule has 4 rings (SSSR count). The first-order valence-electron chi connectivity index (χ1n) is 8.08. The SMILES string of the molecule is FC(c1ccccc1)(c1ccccc1)c1cccc2ccccc12. The molecule has 116 valence electrons. The Morgan fingerprint density at radius 2 is 1.00 bits per heavy atom. The van der Waals surface area contributed by atoms with E-state index in [9.17, 15) is 0 Å². The van der Waals surface area contributed by atoms with Gasteiger partial charge < -0.3 is 0 Å². The predicted octanol–water partition coefficient (Wildman–Crippen LogP) is 6.10. The summed E-state index contributed by atoms with van der Waals surface area (Å²) in [5, 5.41) is 1.99. The van der Waals surface area contributed by atoms with Gasteiger partial charge in [0.05, 0.1) is 0 Å². The van der Waals surface area contributed by atoms with Crippen molar-refractivity contribution in [3.05, 3.63) is 120 Å². The minimum Gasteiger partial charge on any atom is -0.228 e. The van der Waals surface area contributed by atoms with Crippen molar-refractivity contribution >= 4 is 10.8 Å². The zero-order chi connectivity index (χ0) is 16.4. The number of hydrogen-bond donors (Lipinski definition) is 0. The molecule has 0 aliphatic heterocycles. The molecule has 0 N–H and O–H groups in total. The second kappa shape index (κ2) is 5.93. The summed E-state index contributed by atoms with van der Waals surface area (Å²) in [6.07, 6.45) is 0. The fourth-order valence-electron chi connectivity index (χ4n) is 3.34. The number of benzene rings is 4. The zero-order valence-corrected chi connectivity index (χ0v) is 13.2. The minimum absolute atomic E-state index is 0.646. The van der Waals surface area contributed by atoms with Crippen LogP contribution in [0.1, 0.15) is 16.7 Å². The van der Waals surface area contributed by atoms with Crippen LogP contribution < -0.4 is 0 Å². The number of halogens is 1. The van der Waals surface area contributed by atoms with Gasteiger partial charge in [-0.15, -0.1) is 0 Å². The number of alkyl halides is 1. The van der Waals surface area contributed by atoms with E-state index in [0.29, 0.717) is 16.7 Å². The Morgan fingerprint density at radius 1 is 0.500 bits per heavy atom. The van der Waals surface area contributed by atoms with E-state index in [2.05, 4.69) is 0 Å². The van der Waals surface area contributed by atoms with Crippen LogP contribution in [0.3, 0.4) is 0 Å². The molecule has 0 saturated carbocycles. The maximum atomic E-state index is 16.7. The topological polar surface area (TPSA) is 0 Å². The predicted molar refractivity (Wildman–Crippen MR) is 97.8 cm³/mol. The Bertz CT molecular complexity index is 914. The van der Waals surface area contributed by atoms with E-state index in [1.54, 1.807) is 0 Å². The van der Waals surface area contributed by atoms with Crippen LogP contribution in [0.4, 0.5) is 4.39 Å². The van der Waals surface area contributed by atoms with Gasteiger partial charge >= 0.3 is 0 Å². The smallest absolute Gasteiger partial charge is 0.186 e. The lowest BCUT2D eigenvalue weighted by Crippen LogP contribution is -2.23. The summed E-state index contributed by atoms with van der Waals surface area (Å²) in [5.74, 6) is 0. The Hall–Kier alpha value is -2.93. The molecule has 0 fully saturated rings. The van der Waals surface area contributed by atoms with Crippen molar-refractivity contribution in [2.24, 2.45) is 0 Å². The van der Waals surface area contributed by atoms with Crippen LogP contribution >= 0.6 is 0 Å². The third-order valence-corrected chi connectivity index (χ3v) is 4.50. The maximum Gasteiger partial charge on any atom is 0.186 e. The first-order chi connectivity index (χ1) is 11.8. The van der Waals surface area contributed by atoms with Gasteiger partial charge in [-0.1, -0.05) is 103 Å². The van der Waals surface area contributed by atoms with E-state index in [4.69, 9.17) is 0 Å². The van der Waals surface area contributed by atoms with Gasteiger partial charge in [0.1, 0.15) is 0 Å². The van der Waals surface area contributed by atoms with Gasteiger partial charge in [0.15, 0.2) is 5.67 Å². The van der Waals surface area contributed by atoms with E-state index in [1.807, 2.05) is 103 Å². The Labute approximate surface area is 141 Å². The van der Waals surface area contributed by atoms with E-state index in [-0.39, 0.29) is 0 Å². The monoisotopic (exact) mass is 312 g/mol. The largest absolute Gasteiger partial charge is 0.228 e. The van der Waals surface area contributed by atoms with Gasteiger partial charge in [-0.3, -0.25) is 0 Å². The molecule has 0 amide bonds. The molecule has 0 radical (unpaired) electrons. The third kappa shape index (κ3) is 2.30. The average Bonchev–Trinajstić information content (AvgIpc) is 2.68. The molecule has 0 atom stereocenters. The lowest BCUT2D eigenvalue weighted by molar-refractivity contribution is 0.283. The Balaban J connectivity index is 2.07. The molecule has 0 bridgehead atoms. The van der Waals surface area contributed by atoms with Crippen LogP contribution in [0.15, 0.2) is 103 Å². The van der Waals surface area contributed by atoms with Crippen molar-refractivity contribution in [3.63, 3.8) is 0 Å². The Morgan fingerprint density at radius 3 is 1.62 bits per heavy atom. The fourth-order valence-corrected chi connectivity index (χ4v) is 3.34. The molecule has 4 aromatic carbocycles. The molecular weight excluding hydrogens is 295 g/mol. The summed E-state index contributed by atoms with van der Waals surface area (Å²) in [6.45, 7) is 0. The van der Waals surface area contributed by atoms with Crippen molar-refractivity contribution < 1.29 is 4.39 Å². The van der Waals surface area contributed by atoms with E-state index in [1.165, 1.54) is 0 Å². The highest BCUT2D eigenvalue weighted by Crippen LogP contribution is 2.43. The van der Waals surface area contributed by atoms with Crippen LogP contribution in [0, 0.1) is 0 Å². The molecule has 0 unspecified atom stereocenters. The molecule has 4 aromatic rings. The van der Waals surface area contributed by atoms with Gasteiger partial charge in [-0.2, -0.15) is 0 Å². The van der Waals surface area contributed by atoms with Crippen LogP contribution in [0.2, 0.25) is 0 Å². The summed E-state index contributed by atoms with van der Waals surface area (Å²) in [5.41, 5.74) is 0.279. The molecule has 0 aromatic heterocycles. The van der Waals surface area contributed by atoms with Gasteiger partial charge in [0.2, 0.25) is 0 Å². The van der Waals surface area contributed by atoms with Gasteiger partial charge in [-0.05, 0) is 21.9 Å². The number of hydrogen-bond acceptors (Lipinski definition) is 0. The van der Waals surface area contributed by atoms with Crippen LogP contribution in [-0.4, -0.2) is 0 Å². The van der Waals surface area contributed by atoms with Crippen LogP contribution in [0.5, 0.6) is 0 Å². The first-order valence-corrected chi connectivity index (χ1v) is 8.08. The molecule has 24 heavy (non-hydrogen) atoms. The highest BCUT2D eigenvalue weighted by molar-refractivity contribution is 5.87. The molecule has 0 aliphatic rings. The number of rotatable bonds is 3. The summed E-state index contributed by atoms with van der Waals surface area (Å²) >= 11 is 0. The van der Waals surface area contributed by atoms with Gasteiger partial charge in [0, 0.05) is 5.56 Å². The summed E-state index contributed by atoms with van der Waals surface area (Å²) < 4.78 is 16.7. The summed E-state index contributed by atoms with van der Waals surface area (Å²) in [4.78, 5) is 0. The number of fused-ring (bicyclic) bond motifs is 1. The average molecular weight is 312 g/mol. The van der Waals surface area contributed by atoms with Crippen molar-refractivity contribution in [1.82, 2.24) is 0 Å². The van der Waals surface area contributed by atoms with Gasteiger partial charge in [0.25, 0.3) is 0 Å². The van der Waals surface area contributed by atoms with E-state index >= 15 is 4.39 Å². The van der Waals surface area contributed by atoms with Crippen molar-refractivity contribution in [2.45, 2.75) is 5.67 Å². The minimum atomic E-state index is -1.69. The van der Waals surface area contributed by atoms with Crippen molar-refractivity contribution in [1.29, 1.82) is 0 Å². The molecule has 1 heteroatoms. The normalized spacial score (nSPS) is 11.5. The molecule has 0 saturated heterocycles. The highest BCUT2D eigenvalue weighted by atomic mass is 19.1. The lowest BCUT2D eigenvalue weighted by Gasteiger charge is -2.28. The molecule has 0 spiro atoms. The molecule has 0 nitrogen and oxygen atoms in total. The molecule has 0 heterocycles. The second-order valence-electron chi connectivity index (χ2n) is 5.92. The summed E-state index contributed by atoms with van der Waals surface area (Å²) in [7, 11) is 0. The quantitative estimate of drug-likeness (QED) is 0.401. The maximum absolute atomic E-state index is 16.7. The third-order valence-electron chi connectivity index (χ3n) is 4.50. The lowest BCUT2D eigenvalue weighted by atomic mass is 9.80. The Kier molecular flexibility index (Phi) is 3.62. The molecular formula is C23H17F. The zero-order valence-electron chi connectivity index (χ0n) is 13.2. The van der Waals surface area contributed by atoms with Gasteiger partial charge in [-0.25, -0.2) is 4.39 Å². The van der Waals surface area contributed by atoms with Crippen LogP contribution in [0.25, 0.3) is 10.8 Å². The second-order valence-corrected chi connectivity index (χ2v) is 5.92. The fraction of sp³-hybridized carbons (Fsp3) is 0.0435. The van der Waals surface area contributed by atoms with Crippen LogP contribution in [-0.2, 0) is 5.67 Å². The van der Waals surface area contributed by atoms with Crippen molar-refractivity contribution in [2.75, 3.05) is 0 Å². The van der Waals surface area contributed by atoms with Crippen molar-refractivity contribution in [3.8, 4) is 0 Å².